The summed E-state index contributed by atoms with van der Waals surface area (Å²) in [4.78, 5) is 50.0. The maximum absolute atomic E-state index is 13.1. The highest BCUT2D eigenvalue weighted by Gasteiger charge is 2.24. The van der Waals surface area contributed by atoms with Gasteiger partial charge in [0.25, 0.3) is 11.8 Å². The van der Waals surface area contributed by atoms with Crippen molar-refractivity contribution < 1.29 is 49.1 Å². The molecule has 0 fully saturated rings. The second-order valence-electron chi connectivity index (χ2n) is 26.5. The molecular weight excluding hydrogens is 2030 g/mol. The van der Waals surface area contributed by atoms with Gasteiger partial charge < -0.3 is 29.9 Å². The molecule has 18 nitrogen and oxygen atoms in total. The number of nitrogens with zero attached hydrogens (tertiary/aromatic N) is 4. The fraction of sp³-hybridized carbons (Fsp3) is 0.0968. The van der Waals surface area contributed by atoms with Gasteiger partial charge in [-0.2, -0.15) is 20.4 Å². The summed E-state index contributed by atoms with van der Waals surface area (Å²) in [5.41, 5.74) is 18.4. The first-order valence-electron chi connectivity index (χ1n) is 36.2. The minimum Gasteiger partial charge on any atom is -0.506 e. The van der Waals surface area contributed by atoms with Gasteiger partial charge in [-0.05, 0) is 255 Å². The zero-order chi connectivity index (χ0) is 83.8. The lowest BCUT2D eigenvalue weighted by Crippen LogP contribution is -2.27. The van der Waals surface area contributed by atoms with Crippen LogP contribution in [0, 0.1) is 13.8 Å². The fourth-order valence-electron chi connectivity index (χ4n) is 12.0. The summed E-state index contributed by atoms with van der Waals surface area (Å²) in [5, 5.41) is 65.0. The summed E-state index contributed by atoms with van der Waals surface area (Å²) in [6.07, 6.45) is 6.91. The molecule has 0 radical (unpaired) electrons. The van der Waals surface area contributed by atoms with Crippen LogP contribution in [0.4, 0.5) is 0 Å². The Kier molecular flexibility index (Phi) is 33.8. The summed E-state index contributed by atoms with van der Waals surface area (Å²) >= 11 is 26.6. The molecule has 0 saturated heterocycles. The van der Waals surface area contributed by atoms with Crippen molar-refractivity contribution in [2.24, 2.45) is 20.4 Å². The molecule has 4 amide bonds. The van der Waals surface area contributed by atoms with Crippen LogP contribution in [0.3, 0.4) is 0 Å². The smallest absolute Gasteiger partial charge is 0.277 e. The van der Waals surface area contributed by atoms with Gasteiger partial charge in [0.1, 0.15) is 39.0 Å². The number of amides is 4. The predicted molar refractivity (Wildman–Crippen MR) is 506 cm³/mol. The summed E-state index contributed by atoms with van der Waals surface area (Å²) in [6.45, 7) is 3.60. The molecule has 0 spiro atoms. The van der Waals surface area contributed by atoms with Gasteiger partial charge in [-0.25, -0.2) is 21.7 Å². The van der Waals surface area contributed by atoms with Crippen LogP contribution in [0.15, 0.2) is 323 Å². The van der Waals surface area contributed by atoms with Gasteiger partial charge in [-0.1, -0.05) is 261 Å². The van der Waals surface area contributed by atoms with E-state index >= 15 is 0 Å². The average molecular weight is 2100 g/mol. The number of carbonyl (C=O) groups excluding carboxylic acids is 4. The molecule has 26 heteroatoms. The lowest BCUT2D eigenvalue weighted by molar-refractivity contribution is -0.123. The molecule has 14 rings (SSSR count). The van der Waals surface area contributed by atoms with Gasteiger partial charge in [-0.3, -0.25) is 19.2 Å². The third kappa shape index (κ3) is 25.7. The van der Waals surface area contributed by atoms with Crippen molar-refractivity contribution >= 4 is 219 Å². The second kappa shape index (κ2) is 44.4. The van der Waals surface area contributed by atoms with Crippen molar-refractivity contribution in [2.45, 2.75) is 46.0 Å². The van der Waals surface area contributed by atoms with Gasteiger partial charge in [0.05, 0.1) is 54.6 Å². The average Bonchev–Trinajstić information content (AvgIpc) is 0.818. The Hall–Kier alpha value is -10.7. The second-order valence-corrected chi connectivity index (χ2v) is 33.2. The quantitative estimate of drug-likeness (QED) is 0.0235. The van der Waals surface area contributed by atoms with E-state index in [9.17, 15) is 39.6 Å². The van der Waals surface area contributed by atoms with Crippen LogP contribution >= 0.6 is 127 Å². The van der Waals surface area contributed by atoms with E-state index in [2.05, 4.69) is 224 Å². The number of phenols is 4. The van der Waals surface area contributed by atoms with E-state index in [1.165, 1.54) is 23.9 Å². The number of halogens is 8. The van der Waals surface area contributed by atoms with E-state index < -0.39 is 11.8 Å². The Balaban J connectivity index is 0.000000167. The highest BCUT2D eigenvalue weighted by atomic mass is 79.9. The molecule has 0 aliphatic carbocycles. The molecule has 604 valence electrons. The van der Waals surface area contributed by atoms with E-state index in [0.717, 1.165) is 95.6 Å². The van der Waals surface area contributed by atoms with Crippen LogP contribution in [-0.2, 0) is 32.0 Å². The van der Waals surface area contributed by atoms with Crippen molar-refractivity contribution in [3.63, 3.8) is 0 Å². The van der Waals surface area contributed by atoms with Crippen LogP contribution in [-0.4, -0.2) is 82.1 Å². The lowest BCUT2D eigenvalue weighted by Gasteiger charge is -2.16. The molecule has 0 aliphatic rings. The number of ether oxygens (including phenoxy) is 2. The number of hydrogen-bond donors (Lipinski definition) is 8. The van der Waals surface area contributed by atoms with Crippen molar-refractivity contribution in [3.8, 4) is 34.5 Å². The third-order valence-electron chi connectivity index (χ3n) is 18.3. The standard InChI is InChI=1S/C26H20Br2N2O3.C26H20Br2N2O2.C20H16Br2N2O3.C20H16Br2N2O2.CH4/c27-22-14-20(24(31)23(28)25(22)32)15-29-30-26(33)21(18-7-2-1-3-8-18)13-16-10-11-17-6-4-5-9-19(17)12-16;27-23-14-18(15-24(28)25(23)31)16-29-30-26(32)22(20-7-2-1-3-8-20)13-17-10-11-19-6-4-5-9-21(19)12-17;1-12-17(21)9-15(20(26)19(12)22)10-23-24-18(25)11-27-16-7-6-13-4-2-3-5-14(13)8-16;1-13-18(21)8-14(9-19(13)22)11-23-24-20(25)12-26-17-7-6-15-4-2-3-5-16(15)10-17;/h1-12,14-15,21,31-32H,13H2,(H,30,33);1-12,14-16,22,31H,13H2,(H,30,32);2-10,26H,11H2,1H3,(H,24,25);2-11H,12H2,1H3,(H,24,25);1H4/b29-15+;29-16+;23-10+;23-11+;. The lowest BCUT2D eigenvalue weighted by atomic mass is 9.90. The Bertz CT molecular complexity index is 6080. The normalized spacial score (nSPS) is 11.6. The van der Waals surface area contributed by atoms with Crippen LogP contribution in [0.1, 0.15) is 74.9 Å². The Labute approximate surface area is 755 Å². The van der Waals surface area contributed by atoms with E-state index in [1.807, 2.05) is 202 Å². The van der Waals surface area contributed by atoms with E-state index in [4.69, 9.17) is 9.47 Å². The van der Waals surface area contributed by atoms with Crippen LogP contribution in [0.25, 0.3) is 43.1 Å². The maximum Gasteiger partial charge on any atom is 0.277 e. The molecule has 0 saturated carbocycles. The van der Waals surface area contributed by atoms with Crippen LogP contribution in [0.5, 0.6) is 34.5 Å². The first-order valence-corrected chi connectivity index (χ1v) is 42.6. The first kappa shape index (κ1) is 90.6. The monoisotopic (exact) mass is 2100 g/mol. The summed E-state index contributed by atoms with van der Waals surface area (Å²) in [6, 6.07) is 85.9. The summed E-state index contributed by atoms with van der Waals surface area (Å²) < 4.78 is 16.0. The number of aromatic hydroxyl groups is 4. The van der Waals surface area contributed by atoms with Crippen LogP contribution in [0.2, 0.25) is 0 Å². The van der Waals surface area contributed by atoms with E-state index in [1.54, 1.807) is 30.6 Å². The largest absolute Gasteiger partial charge is 0.506 e. The number of carbonyl (C=O) groups is 4. The fourth-order valence-corrected chi connectivity index (χ4v) is 16.7. The van der Waals surface area contributed by atoms with Gasteiger partial charge in [0, 0.05) is 24.5 Å². The first-order chi connectivity index (χ1) is 56.9. The van der Waals surface area contributed by atoms with Gasteiger partial charge in [-0.15, -0.1) is 0 Å². The van der Waals surface area contributed by atoms with Gasteiger partial charge in [0.15, 0.2) is 13.2 Å². The topological polar surface area (TPSA) is 265 Å². The van der Waals surface area contributed by atoms with E-state index in [0.29, 0.717) is 53.4 Å². The number of nitrogens with one attached hydrogen (secondary N) is 4. The number of hydrazone groups is 4. The summed E-state index contributed by atoms with van der Waals surface area (Å²) in [7, 11) is 0. The van der Waals surface area contributed by atoms with E-state index in [-0.39, 0.29) is 71.8 Å². The number of phenolic OH excluding ortho intramolecular Hbond substituents is 4. The van der Waals surface area contributed by atoms with Crippen LogP contribution < -0.4 is 31.2 Å². The third-order valence-corrected chi connectivity index (χ3v) is 24.3. The minimum absolute atomic E-state index is 0. The molecular formula is C93H76Br8N8O10. The molecule has 0 aromatic heterocycles. The number of benzene rings is 14. The molecule has 2 atom stereocenters. The molecule has 119 heavy (non-hydrogen) atoms. The molecule has 14 aromatic rings. The van der Waals surface area contributed by atoms with Crippen molar-refractivity contribution in [1.29, 1.82) is 0 Å². The van der Waals surface area contributed by atoms with Crippen molar-refractivity contribution in [1.82, 2.24) is 21.7 Å². The Morgan fingerprint density at radius 3 is 1.08 bits per heavy atom. The number of hydrogen-bond acceptors (Lipinski definition) is 14. The molecule has 2 unspecified atom stereocenters. The Morgan fingerprint density at radius 2 is 0.655 bits per heavy atom. The molecule has 14 aromatic carbocycles. The Morgan fingerprint density at radius 1 is 0.336 bits per heavy atom. The SMILES string of the molecule is C.Cc1c(Br)cc(/C=N/NC(=O)COc2ccc3ccccc3c2)c(O)c1Br.Cc1c(Br)cc(/C=N/NC(=O)COc2ccc3ccccc3c2)cc1Br.O=C(N/N=C/c1cc(Br)c(O)c(Br)c1)C(Cc1ccc2ccccc2c1)c1ccccc1.O=C(N/N=C/c1cc(Br)c(O)c(Br)c1O)C(Cc1ccc2ccccc2c1)c1ccccc1. The van der Waals surface area contributed by atoms with Gasteiger partial charge in [0.2, 0.25) is 11.8 Å². The predicted octanol–water partition coefficient (Wildman–Crippen LogP) is 23.5. The zero-order valence-corrected chi connectivity index (χ0v) is 75.4. The number of rotatable bonds is 22. The maximum atomic E-state index is 13.1. The van der Waals surface area contributed by atoms with Crippen molar-refractivity contribution in [2.75, 3.05) is 13.2 Å². The molecule has 0 aliphatic heterocycles. The minimum atomic E-state index is -0.448. The summed E-state index contributed by atoms with van der Waals surface area (Å²) in [5.74, 6) is -0.858. The zero-order valence-electron chi connectivity index (χ0n) is 62.7. The van der Waals surface area contributed by atoms with Crippen molar-refractivity contribution in [3.05, 3.63) is 358 Å². The highest BCUT2D eigenvalue weighted by Crippen LogP contribution is 2.41. The van der Waals surface area contributed by atoms with Gasteiger partial charge >= 0.3 is 0 Å². The molecule has 8 N–H and O–H groups in total. The molecule has 0 bridgehead atoms. The number of fused-ring (bicyclic) bond motifs is 4. The molecule has 0 heterocycles. The highest BCUT2D eigenvalue weighted by molar-refractivity contribution is 9.12.